The molecule has 2 fully saturated rings. The molecule has 2 saturated carbocycles. The monoisotopic (exact) mass is 506 g/mol. The summed E-state index contributed by atoms with van der Waals surface area (Å²) in [4.78, 5) is 0. The Morgan fingerprint density at radius 1 is 0.917 bits per heavy atom. The Labute approximate surface area is 212 Å². The fraction of sp³-hybridized carbons (Fsp3) is 0.600. The lowest BCUT2D eigenvalue weighted by molar-refractivity contribution is -0.222. The number of benzene rings is 2. The lowest BCUT2D eigenvalue weighted by Crippen LogP contribution is -2.37. The molecule has 0 spiro atoms. The minimum Gasteiger partial charge on any atom is -0.432 e. The van der Waals surface area contributed by atoms with Gasteiger partial charge in [0, 0.05) is 12.7 Å². The molecule has 1 N–H and O–H groups in total. The molecule has 0 aliphatic heterocycles. The largest absolute Gasteiger partial charge is 0.432 e. The van der Waals surface area contributed by atoms with E-state index in [4.69, 9.17) is 4.74 Å². The first kappa shape index (κ1) is 27.0. The van der Waals surface area contributed by atoms with E-state index >= 15 is 4.39 Å². The van der Waals surface area contributed by atoms with E-state index in [2.05, 4.69) is 6.92 Å². The second-order valence-corrected chi connectivity index (χ2v) is 11.1. The highest BCUT2D eigenvalue weighted by Crippen LogP contribution is 2.44. The van der Waals surface area contributed by atoms with E-state index in [1.807, 2.05) is 6.07 Å². The average Bonchev–Trinajstić information content (AvgIpc) is 2.85. The third-order valence-corrected chi connectivity index (χ3v) is 8.56. The Bertz CT molecular complexity index is 1010. The van der Waals surface area contributed by atoms with Gasteiger partial charge in [0.15, 0.2) is 0 Å². The van der Waals surface area contributed by atoms with Crippen molar-refractivity contribution < 1.29 is 27.4 Å². The third-order valence-electron chi connectivity index (χ3n) is 8.56. The number of ether oxygens (including phenoxy) is 1. The molecule has 0 aromatic heterocycles. The number of hydrogen-bond acceptors (Lipinski definition) is 2. The summed E-state index contributed by atoms with van der Waals surface area (Å²) >= 11 is 0. The average molecular weight is 507 g/mol. The van der Waals surface area contributed by atoms with E-state index < -0.39 is 17.8 Å². The number of aryl methyl sites for hydroxylation is 1. The Morgan fingerprint density at radius 3 is 2.22 bits per heavy atom. The van der Waals surface area contributed by atoms with Crippen molar-refractivity contribution >= 4 is 0 Å². The molecule has 36 heavy (non-hydrogen) atoms. The molecular weight excluding hydrogens is 468 g/mol. The number of alkyl halides is 2. The van der Waals surface area contributed by atoms with Crippen molar-refractivity contribution in [1.29, 1.82) is 0 Å². The zero-order valence-corrected chi connectivity index (χ0v) is 21.3. The molecular formula is C30H38F4O2. The summed E-state index contributed by atoms with van der Waals surface area (Å²) < 4.78 is 63.3. The van der Waals surface area contributed by atoms with Crippen molar-refractivity contribution in [3.8, 4) is 5.75 Å². The van der Waals surface area contributed by atoms with Crippen LogP contribution in [0.25, 0.3) is 0 Å². The Morgan fingerprint density at radius 2 is 1.61 bits per heavy atom. The molecule has 2 aromatic rings. The van der Waals surface area contributed by atoms with Crippen molar-refractivity contribution in [2.24, 2.45) is 23.7 Å². The van der Waals surface area contributed by atoms with Gasteiger partial charge in [-0.2, -0.15) is 8.78 Å². The SMILES string of the molecule is Cc1ccc(OC(F)(F)C2CCC(c3ccc(CC(CO)C4CCC(C)CC4)cc3F)CC2)cc1F. The lowest BCUT2D eigenvalue weighted by Gasteiger charge is -2.34. The highest BCUT2D eigenvalue weighted by Gasteiger charge is 2.44. The molecule has 2 aliphatic rings. The normalized spacial score (nSPS) is 26.0. The van der Waals surface area contributed by atoms with E-state index in [0.29, 0.717) is 36.3 Å². The minimum atomic E-state index is -3.41. The lowest BCUT2D eigenvalue weighted by atomic mass is 9.74. The predicted octanol–water partition coefficient (Wildman–Crippen LogP) is 8.20. The molecule has 0 saturated heterocycles. The highest BCUT2D eigenvalue weighted by molar-refractivity contribution is 5.29. The molecule has 0 bridgehead atoms. The molecule has 198 valence electrons. The second-order valence-electron chi connectivity index (χ2n) is 11.1. The number of hydrogen-bond donors (Lipinski definition) is 1. The number of aliphatic hydroxyl groups excluding tert-OH is 1. The van der Waals surface area contributed by atoms with Crippen LogP contribution in [-0.4, -0.2) is 17.8 Å². The van der Waals surface area contributed by atoms with Crippen LogP contribution in [0.2, 0.25) is 0 Å². The summed E-state index contributed by atoms with van der Waals surface area (Å²) in [6, 6.07) is 9.06. The van der Waals surface area contributed by atoms with Crippen molar-refractivity contribution in [3.63, 3.8) is 0 Å². The van der Waals surface area contributed by atoms with Gasteiger partial charge in [-0.3, -0.25) is 0 Å². The van der Waals surface area contributed by atoms with Crippen LogP contribution in [0.4, 0.5) is 17.6 Å². The molecule has 1 unspecified atom stereocenters. The van der Waals surface area contributed by atoms with Gasteiger partial charge >= 0.3 is 6.11 Å². The zero-order chi connectivity index (χ0) is 25.9. The number of aliphatic hydroxyl groups is 1. The van der Waals surface area contributed by atoms with E-state index in [1.165, 1.54) is 25.0 Å². The summed E-state index contributed by atoms with van der Waals surface area (Å²) in [5, 5.41) is 9.96. The predicted molar refractivity (Wildman–Crippen MR) is 133 cm³/mol. The van der Waals surface area contributed by atoms with Crippen molar-refractivity contribution in [1.82, 2.24) is 0 Å². The maximum absolute atomic E-state index is 15.1. The maximum atomic E-state index is 15.1. The third kappa shape index (κ3) is 6.42. The van der Waals surface area contributed by atoms with Gasteiger partial charge in [-0.15, -0.1) is 0 Å². The van der Waals surface area contributed by atoms with Crippen LogP contribution >= 0.6 is 0 Å². The van der Waals surface area contributed by atoms with Crippen molar-refractivity contribution in [3.05, 3.63) is 64.7 Å². The molecule has 1 atom stereocenters. The number of rotatable bonds is 8. The summed E-state index contributed by atoms with van der Waals surface area (Å²) in [5.41, 5.74) is 1.83. The van der Waals surface area contributed by atoms with E-state index in [0.717, 1.165) is 30.4 Å². The van der Waals surface area contributed by atoms with Crippen LogP contribution in [-0.2, 0) is 6.42 Å². The Kier molecular flexibility index (Phi) is 8.64. The van der Waals surface area contributed by atoms with Crippen LogP contribution in [0.3, 0.4) is 0 Å². The standard InChI is InChI=1S/C30H38F4O2/c1-19-3-7-22(8-4-19)24(18-35)15-21-6-14-27(29(32)16-21)23-9-11-25(12-10-23)30(33,34)36-26-13-5-20(2)28(31)17-26/h5-6,13-14,16-17,19,22-25,35H,3-4,7-12,15,18H2,1-2H3. The summed E-state index contributed by atoms with van der Waals surface area (Å²) in [7, 11) is 0. The molecule has 0 radical (unpaired) electrons. The van der Waals surface area contributed by atoms with Gasteiger partial charge < -0.3 is 9.84 Å². The first-order valence-electron chi connectivity index (χ1n) is 13.4. The maximum Gasteiger partial charge on any atom is 0.400 e. The molecule has 4 rings (SSSR count). The quantitative estimate of drug-likeness (QED) is 0.366. The summed E-state index contributed by atoms with van der Waals surface area (Å²) in [6.45, 7) is 3.94. The Balaban J connectivity index is 1.34. The van der Waals surface area contributed by atoms with Gasteiger partial charge in [0.1, 0.15) is 17.4 Å². The smallest absolute Gasteiger partial charge is 0.400 e. The topological polar surface area (TPSA) is 29.5 Å². The first-order valence-corrected chi connectivity index (χ1v) is 13.4. The van der Waals surface area contributed by atoms with Gasteiger partial charge in [-0.1, -0.05) is 38.0 Å². The first-order chi connectivity index (χ1) is 17.2. The van der Waals surface area contributed by atoms with E-state index in [-0.39, 0.29) is 42.9 Å². The van der Waals surface area contributed by atoms with Crippen molar-refractivity contribution in [2.75, 3.05) is 6.61 Å². The second kappa shape index (κ2) is 11.5. The van der Waals surface area contributed by atoms with Crippen LogP contribution in [0.5, 0.6) is 5.75 Å². The summed E-state index contributed by atoms with van der Waals surface area (Å²) in [5.74, 6) is -0.805. The molecule has 0 amide bonds. The fourth-order valence-corrected chi connectivity index (χ4v) is 6.09. The van der Waals surface area contributed by atoms with Crippen LogP contribution in [0, 0.1) is 42.2 Å². The van der Waals surface area contributed by atoms with Crippen LogP contribution < -0.4 is 4.74 Å². The van der Waals surface area contributed by atoms with Gasteiger partial charge in [0.25, 0.3) is 0 Å². The van der Waals surface area contributed by atoms with Crippen molar-refractivity contribution in [2.45, 2.75) is 83.7 Å². The number of halogens is 4. The fourth-order valence-electron chi connectivity index (χ4n) is 6.09. The van der Waals surface area contributed by atoms with E-state index in [1.54, 1.807) is 19.1 Å². The molecule has 2 nitrogen and oxygen atoms in total. The van der Waals surface area contributed by atoms with Gasteiger partial charge in [-0.25, -0.2) is 8.78 Å². The zero-order valence-electron chi connectivity index (χ0n) is 21.3. The van der Waals surface area contributed by atoms with E-state index in [9.17, 15) is 18.3 Å². The molecule has 2 aromatic carbocycles. The van der Waals surface area contributed by atoms with Gasteiger partial charge in [0.2, 0.25) is 0 Å². The Hall–Kier alpha value is -2.08. The minimum absolute atomic E-state index is 0.109. The highest BCUT2D eigenvalue weighted by atomic mass is 19.3. The van der Waals surface area contributed by atoms with Gasteiger partial charge in [0.05, 0.1) is 5.92 Å². The van der Waals surface area contributed by atoms with Crippen LogP contribution in [0.15, 0.2) is 36.4 Å². The molecule has 6 heteroatoms. The van der Waals surface area contributed by atoms with Crippen LogP contribution in [0.1, 0.15) is 80.9 Å². The summed E-state index contributed by atoms with van der Waals surface area (Å²) in [6.07, 6.45) is 3.15. The van der Waals surface area contributed by atoms with Gasteiger partial charge in [-0.05, 0) is 104 Å². The molecule has 2 aliphatic carbocycles. The molecule has 0 heterocycles.